The summed E-state index contributed by atoms with van der Waals surface area (Å²) in [5, 5.41) is 3.47. The summed E-state index contributed by atoms with van der Waals surface area (Å²) in [5.74, 6) is 0. The molecule has 0 radical (unpaired) electrons. The van der Waals surface area contributed by atoms with Crippen molar-refractivity contribution < 1.29 is 0 Å². The molecule has 0 unspecified atom stereocenters. The van der Waals surface area contributed by atoms with Crippen molar-refractivity contribution in [2.24, 2.45) is 0 Å². The van der Waals surface area contributed by atoms with E-state index in [1.807, 2.05) is 0 Å². The lowest BCUT2D eigenvalue weighted by atomic mass is 9.97. The minimum atomic E-state index is 0.197. The van der Waals surface area contributed by atoms with Crippen LogP contribution < -0.4 is 10.2 Å². The van der Waals surface area contributed by atoms with Crippen LogP contribution in [-0.4, -0.2) is 18.6 Å². The molecule has 1 aromatic carbocycles. The van der Waals surface area contributed by atoms with Gasteiger partial charge in [-0.1, -0.05) is 32.9 Å². The molecular weight excluding hydrogens is 232 g/mol. The SMILES string of the molecule is CCC(C)(C)N(C)c1ccc(CNC(C)C)cc1C. The van der Waals surface area contributed by atoms with Crippen molar-refractivity contribution in [1.29, 1.82) is 0 Å². The predicted molar refractivity (Wildman–Crippen MR) is 85.9 cm³/mol. The lowest BCUT2D eigenvalue weighted by Gasteiger charge is -2.37. The molecule has 0 aromatic heterocycles. The Balaban J connectivity index is 2.88. The van der Waals surface area contributed by atoms with E-state index in [0.29, 0.717) is 6.04 Å². The van der Waals surface area contributed by atoms with E-state index in [1.54, 1.807) is 0 Å². The number of benzene rings is 1. The summed E-state index contributed by atoms with van der Waals surface area (Å²) in [6.07, 6.45) is 1.14. The van der Waals surface area contributed by atoms with Crippen LogP contribution in [0.15, 0.2) is 18.2 Å². The lowest BCUT2D eigenvalue weighted by molar-refractivity contribution is 0.470. The normalized spacial score (nSPS) is 12.0. The van der Waals surface area contributed by atoms with E-state index in [-0.39, 0.29) is 5.54 Å². The molecule has 2 heteroatoms. The minimum absolute atomic E-state index is 0.197. The quantitative estimate of drug-likeness (QED) is 0.829. The molecule has 0 aliphatic rings. The van der Waals surface area contributed by atoms with Crippen LogP contribution in [-0.2, 0) is 6.54 Å². The van der Waals surface area contributed by atoms with E-state index in [1.165, 1.54) is 16.8 Å². The van der Waals surface area contributed by atoms with Gasteiger partial charge >= 0.3 is 0 Å². The van der Waals surface area contributed by atoms with Crippen molar-refractivity contribution in [3.05, 3.63) is 29.3 Å². The number of hydrogen-bond donors (Lipinski definition) is 1. The monoisotopic (exact) mass is 262 g/mol. The molecular formula is C17H30N2. The van der Waals surface area contributed by atoms with Gasteiger partial charge < -0.3 is 10.2 Å². The van der Waals surface area contributed by atoms with Crippen LogP contribution in [0.2, 0.25) is 0 Å². The molecule has 0 aliphatic heterocycles. The molecule has 1 rings (SSSR count). The number of nitrogens with one attached hydrogen (secondary N) is 1. The van der Waals surface area contributed by atoms with Gasteiger partial charge in [0, 0.05) is 30.9 Å². The molecule has 108 valence electrons. The molecule has 0 spiro atoms. The zero-order valence-corrected chi connectivity index (χ0v) is 13.7. The van der Waals surface area contributed by atoms with Crippen molar-refractivity contribution in [3.8, 4) is 0 Å². The third kappa shape index (κ3) is 4.24. The largest absolute Gasteiger partial charge is 0.369 e. The van der Waals surface area contributed by atoms with Gasteiger partial charge in [-0.25, -0.2) is 0 Å². The highest BCUT2D eigenvalue weighted by atomic mass is 15.2. The molecule has 0 aliphatic carbocycles. The molecule has 0 atom stereocenters. The van der Waals surface area contributed by atoms with E-state index < -0.39 is 0 Å². The molecule has 0 bridgehead atoms. The van der Waals surface area contributed by atoms with Crippen LogP contribution in [0.5, 0.6) is 0 Å². The maximum absolute atomic E-state index is 3.47. The fourth-order valence-electron chi connectivity index (χ4n) is 2.09. The van der Waals surface area contributed by atoms with Gasteiger partial charge in [0.25, 0.3) is 0 Å². The number of nitrogens with zero attached hydrogens (tertiary/aromatic N) is 1. The van der Waals surface area contributed by atoms with Crippen molar-refractivity contribution in [1.82, 2.24) is 5.32 Å². The highest BCUT2D eigenvalue weighted by molar-refractivity contribution is 5.55. The van der Waals surface area contributed by atoms with Gasteiger partial charge in [0.2, 0.25) is 0 Å². The van der Waals surface area contributed by atoms with E-state index in [9.17, 15) is 0 Å². The Morgan fingerprint density at radius 2 is 1.89 bits per heavy atom. The molecule has 1 N–H and O–H groups in total. The first-order valence-electron chi connectivity index (χ1n) is 7.34. The number of aryl methyl sites for hydroxylation is 1. The molecule has 0 saturated heterocycles. The van der Waals surface area contributed by atoms with Gasteiger partial charge in [0.05, 0.1) is 0 Å². The molecule has 19 heavy (non-hydrogen) atoms. The van der Waals surface area contributed by atoms with Crippen molar-refractivity contribution in [2.45, 2.75) is 66.1 Å². The Morgan fingerprint density at radius 1 is 1.26 bits per heavy atom. The number of anilines is 1. The van der Waals surface area contributed by atoms with Gasteiger partial charge in [-0.15, -0.1) is 0 Å². The summed E-state index contributed by atoms with van der Waals surface area (Å²) in [6.45, 7) is 14.3. The molecule has 0 fully saturated rings. The summed E-state index contributed by atoms with van der Waals surface area (Å²) in [6, 6.07) is 7.32. The molecule has 1 aromatic rings. The van der Waals surface area contributed by atoms with Gasteiger partial charge in [-0.05, 0) is 44.4 Å². The van der Waals surface area contributed by atoms with Crippen molar-refractivity contribution in [3.63, 3.8) is 0 Å². The van der Waals surface area contributed by atoms with Crippen LogP contribution in [0.3, 0.4) is 0 Å². The Kier molecular flexibility index (Phi) is 5.42. The Bertz CT molecular complexity index is 408. The van der Waals surface area contributed by atoms with Gasteiger partial charge in [0.1, 0.15) is 0 Å². The van der Waals surface area contributed by atoms with Gasteiger partial charge in [0.15, 0.2) is 0 Å². The van der Waals surface area contributed by atoms with Crippen LogP contribution in [0, 0.1) is 6.92 Å². The van der Waals surface area contributed by atoms with Crippen LogP contribution >= 0.6 is 0 Å². The predicted octanol–water partition coefficient (Wildman–Crippen LogP) is 4.12. The molecule has 2 nitrogen and oxygen atoms in total. The summed E-state index contributed by atoms with van der Waals surface area (Å²) >= 11 is 0. The summed E-state index contributed by atoms with van der Waals surface area (Å²) in [4.78, 5) is 2.39. The first-order valence-corrected chi connectivity index (χ1v) is 7.34. The zero-order valence-electron chi connectivity index (χ0n) is 13.7. The molecule has 0 saturated carbocycles. The number of rotatable bonds is 6. The molecule has 0 heterocycles. The topological polar surface area (TPSA) is 15.3 Å². The number of hydrogen-bond acceptors (Lipinski definition) is 2. The minimum Gasteiger partial charge on any atom is -0.369 e. The van der Waals surface area contributed by atoms with Crippen LogP contribution in [0.1, 0.15) is 52.2 Å². The third-order valence-corrected chi connectivity index (χ3v) is 4.11. The average molecular weight is 262 g/mol. The zero-order chi connectivity index (χ0) is 14.6. The maximum Gasteiger partial charge on any atom is 0.0397 e. The second-order valence-electron chi connectivity index (χ2n) is 6.38. The summed E-state index contributed by atoms with van der Waals surface area (Å²) in [7, 11) is 2.19. The van der Waals surface area contributed by atoms with Crippen molar-refractivity contribution >= 4 is 5.69 Å². The second kappa shape index (κ2) is 6.42. The van der Waals surface area contributed by atoms with Crippen LogP contribution in [0.25, 0.3) is 0 Å². The lowest BCUT2D eigenvalue weighted by Crippen LogP contribution is -2.40. The first-order chi connectivity index (χ1) is 8.77. The standard InChI is InChI=1S/C17H30N2/c1-8-17(5,6)19(7)16-10-9-15(11-14(16)4)12-18-13(2)3/h9-11,13,18H,8,12H2,1-7H3. The van der Waals surface area contributed by atoms with E-state index >= 15 is 0 Å². The maximum atomic E-state index is 3.47. The van der Waals surface area contributed by atoms with Gasteiger partial charge in [-0.2, -0.15) is 0 Å². The summed E-state index contributed by atoms with van der Waals surface area (Å²) in [5.41, 5.74) is 4.24. The molecule has 0 amide bonds. The fraction of sp³-hybridized carbons (Fsp3) is 0.647. The van der Waals surface area contributed by atoms with E-state index in [2.05, 4.69) is 77.0 Å². The van der Waals surface area contributed by atoms with E-state index in [4.69, 9.17) is 0 Å². The smallest absolute Gasteiger partial charge is 0.0397 e. The average Bonchev–Trinajstić information content (AvgIpc) is 2.35. The third-order valence-electron chi connectivity index (χ3n) is 4.11. The van der Waals surface area contributed by atoms with E-state index in [0.717, 1.165) is 13.0 Å². The second-order valence-corrected chi connectivity index (χ2v) is 6.38. The van der Waals surface area contributed by atoms with Gasteiger partial charge in [-0.3, -0.25) is 0 Å². The van der Waals surface area contributed by atoms with Crippen molar-refractivity contribution in [2.75, 3.05) is 11.9 Å². The first kappa shape index (κ1) is 16.0. The highest BCUT2D eigenvalue weighted by Crippen LogP contribution is 2.28. The Morgan fingerprint density at radius 3 is 2.37 bits per heavy atom. The van der Waals surface area contributed by atoms with Crippen LogP contribution in [0.4, 0.5) is 5.69 Å². The summed E-state index contributed by atoms with van der Waals surface area (Å²) < 4.78 is 0. The highest BCUT2D eigenvalue weighted by Gasteiger charge is 2.22. The Labute approximate surface area is 119 Å². The Hall–Kier alpha value is -1.02. The fourth-order valence-corrected chi connectivity index (χ4v) is 2.09.